The molecule has 0 aliphatic heterocycles. The Morgan fingerprint density at radius 2 is 1.87 bits per heavy atom. The highest BCUT2D eigenvalue weighted by atomic mass is 16.6. The van der Waals surface area contributed by atoms with Gasteiger partial charge in [0.15, 0.2) is 6.10 Å². The van der Waals surface area contributed by atoms with Crippen LogP contribution in [-0.2, 0) is 14.3 Å². The first kappa shape index (κ1) is 22.4. The van der Waals surface area contributed by atoms with Gasteiger partial charge in [0.05, 0.1) is 12.0 Å². The number of ether oxygens (including phenoxy) is 4. The smallest absolute Gasteiger partial charge is 0.347 e. The second-order valence-electron chi connectivity index (χ2n) is 7.08. The van der Waals surface area contributed by atoms with Crippen molar-refractivity contribution in [1.29, 1.82) is 0 Å². The quantitative estimate of drug-likeness (QED) is 0.367. The molecule has 1 aromatic heterocycles. The first-order valence-corrected chi connectivity index (χ1v) is 10.1. The molecule has 0 N–H and O–H groups in total. The van der Waals surface area contributed by atoms with E-state index in [1.165, 1.54) is 6.26 Å². The molecule has 7 heteroatoms. The zero-order valence-corrected chi connectivity index (χ0v) is 18.1. The third-order valence-corrected chi connectivity index (χ3v) is 4.60. The zero-order valence-electron chi connectivity index (χ0n) is 18.1. The van der Waals surface area contributed by atoms with E-state index in [9.17, 15) is 9.59 Å². The molecule has 2 aromatic carbocycles. The topological polar surface area (TPSA) is 84.2 Å². The summed E-state index contributed by atoms with van der Waals surface area (Å²) in [6, 6.07) is 10.5. The number of carbonyl (C=O) groups is 1. The van der Waals surface area contributed by atoms with Crippen molar-refractivity contribution in [2.75, 3.05) is 19.8 Å². The van der Waals surface area contributed by atoms with Crippen LogP contribution in [0.1, 0.15) is 25.0 Å². The Bertz CT molecular complexity index is 1120. The predicted octanol–water partition coefficient (Wildman–Crippen LogP) is 4.55. The average Bonchev–Trinajstić information content (AvgIpc) is 2.75. The Kier molecular flexibility index (Phi) is 7.31. The van der Waals surface area contributed by atoms with E-state index in [-0.39, 0.29) is 17.8 Å². The molecule has 3 aromatic rings. The van der Waals surface area contributed by atoms with Gasteiger partial charge in [0.1, 0.15) is 30.0 Å². The second kappa shape index (κ2) is 10.1. The van der Waals surface area contributed by atoms with Gasteiger partial charge in [0, 0.05) is 12.7 Å². The van der Waals surface area contributed by atoms with Gasteiger partial charge in [0.2, 0.25) is 11.2 Å². The van der Waals surface area contributed by atoms with Crippen LogP contribution in [0, 0.1) is 13.8 Å². The Hall–Kier alpha value is -3.32. The van der Waals surface area contributed by atoms with Gasteiger partial charge in [-0.3, -0.25) is 4.79 Å². The van der Waals surface area contributed by atoms with E-state index >= 15 is 0 Å². The fraction of sp³-hybridized carbons (Fsp3) is 0.333. The van der Waals surface area contributed by atoms with Crippen LogP contribution in [0.2, 0.25) is 0 Å². The van der Waals surface area contributed by atoms with E-state index in [4.69, 9.17) is 23.4 Å². The molecule has 0 spiro atoms. The number of rotatable bonds is 9. The van der Waals surface area contributed by atoms with Crippen molar-refractivity contribution >= 4 is 16.9 Å². The molecule has 1 heterocycles. The highest BCUT2D eigenvalue weighted by molar-refractivity contribution is 5.79. The van der Waals surface area contributed by atoms with E-state index in [1.807, 2.05) is 39.0 Å². The lowest BCUT2D eigenvalue weighted by atomic mass is 10.1. The van der Waals surface area contributed by atoms with Crippen molar-refractivity contribution in [3.05, 3.63) is 64.0 Å². The Balaban J connectivity index is 1.73. The molecule has 164 valence electrons. The molecule has 1 unspecified atom stereocenters. The Labute approximate surface area is 180 Å². The summed E-state index contributed by atoms with van der Waals surface area (Å²) in [7, 11) is 0. The Morgan fingerprint density at radius 3 is 2.65 bits per heavy atom. The number of benzene rings is 2. The number of hydrogen-bond acceptors (Lipinski definition) is 7. The lowest BCUT2D eigenvalue weighted by molar-refractivity contribution is -0.152. The van der Waals surface area contributed by atoms with Gasteiger partial charge in [-0.15, -0.1) is 0 Å². The molecule has 0 amide bonds. The van der Waals surface area contributed by atoms with Crippen molar-refractivity contribution in [3.63, 3.8) is 0 Å². The zero-order chi connectivity index (χ0) is 22.4. The molecular weight excluding hydrogens is 400 g/mol. The molecule has 0 saturated carbocycles. The summed E-state index contributed by atoms with van der Waals surface area (Å²) >= 11 is 0. The molecular formula is C24H26O7. The molecule has 7 nitrogen and oxygen atoms in total. The van der Waals surface area contributed by atoms with E-state index in [2.05, 4.69) is 0 Å². The van der Waals surface area contributed by atoms with Crippen LogP contribution in [0.3, 0.4) is 0 Å². The summed E-state index contributed by atoms with van der Waals surface area (Å²) < 4.78 is 27.3. The summed E-state index contributed by atoms with van der Waals surface area (Å²) in [6.45, 7) is 8.37. The minimum absolute atomic E-state index is 0.0983. The van der Waals surface area contributed by atoms with Crippen LogP contribution in [0.15, 0.2) is 51.9 Å². The molecule has 0 saturated heterocycles. The van der Waals surface area contributed by atoms with Crippen molar-refractivity contribution in [2.45, 2.75) is 33.8 Å². The van der Waals surface area contributed by atoms with E-state index in [0.717, 1.165) is 11.1 Å². The van der Waals surface area contributed by atoms with Crippen molar-refractivity contribution in [2.24, 2.45) is 0 Å². The van der Waals surface area contributed by atoms with Crippen LogP contribution in [-0.4, -0.2) is 31.9 Å². The highest BCUT2D eigenvalue weighted by Gasteiger charge is 2.17. The first-order valence-electron chi connectivity index (χ1n) is 10.1. The van der Waals surface area contributed by atoms with E-state index < -0.39 is 12.1 Å². The third kappa shape index (κ3) is 5.64. The molecule has 0 aliphatic rings. The lowest BCUT2D eigenvalue weighted by Crippen LogP contribution is -2.27. The summed E-state index contributed by atoms with van der Waals surface area (Å²) in [5.74, 6) is 0.580. The van der Waals surface area contributed by atoms with Crippen LogP contribution in [0.4, 0.5) is 0 Å². The maximum absolute atomic E-state index is 12.8. The molecule has 0 aliphatic carbocycles. The lowest BCUT2D eigenvalue weighted by Gasteiger charge is -2.14. The van der Waals surface area contributed by atoms with E-state index in [0.29, 0.717) is 35.7 Å². The Morgan fingerprint density at radius 1 is 1.06 bits per heavy atom. The van der Waals surface area contributed by atoms with Gasteiger partial charge < -0.3 is 23.4 Å². The third-order valence-electron chi connectivity index (χ3n) is 4.60. The largest absolute Gasteiger partial charge is 0.479 e. The standard InChI is InChI=1S/C24H26O7/c1-5-27-10-11-28-24(26)17(4)30-18-8-9-19-21(13-18)29-14-22(23(19)25)31-20-12-15(2)6-7-16(20)3/h6-9,12-14,17H,5,10-11H2,1-4H3. The highest BCUT2D eigenvalue weighted by Crippen LogP contribution is 2.27. The molecule has 0 radical (unpaired) electrons. The number of aryl methyl sites for hydroxylation is 2. The number of fused-ring (bicyclic) bond motifs is 1. The number of esters is 1. The molecule has 3 rings (SSSR count). The van der Waals surface area contributed by atoms with Crippen LogP contribution < -0.4 is 14.9 Å². The summed E-state index contributed by atoms with van der Waals surface area (Å²) in [6.07, 6.45) is 0.458. The number of carbonyl (C=O) groups excluding carboxylic acids is 1. The molecule has 0 bridgehead atoms. The van der Waals surface area contributed by atoms with Gasteiger partial charge in [-0.25, -0.2) is 4.79 Å². The molecule has 1 atom stereocenters. The van der Waals surface area contributed by atoms with Gasteiger partial charge in [0.25, 0.3) is 0 Å². The van der Waals surface area contributed by atoms with Crippen LogP contribution in [0.25, 0.3) is 11.0 Å². The van der Waals surface area contributed by atoms with Gasteiger partial charge in [-0.2, -0.15) is 0 Å². The van der Waals surface area contributed by atoms with Gasteiger partial charge in [-0.05, 0) is 57.0 Å². The molecule has 31 heavy (non-hydrogen) atoms. The van der Waals surface area contributed by atoms with Crippen molar-refractivity contribution in [1.82, 2.24) is 0 Å². The fourth-order valence-electron chi connectivity index (χ4n) is 2.89. The minimum atomic E-state index is -0.822. The fourth-order valence-corrected chi connectivity index (χ4v) is 2.89. The van der Waals surface area contributed by atoms with Crippen molar-refractivity contribution in [3.8, 4) is 17.2 Å². The summed E-state index contributed by atoms with van der Waals surface area (Å²) in [5.41, 5.74) is 1.97. The second-order valence-corrected chi connectivity index (χ2v) is 7.08. The van der Waals surface area contributed by atoms with Crippen LogP contribution >= 0.6 is 0 Å². The van der Waals surface area contributed by atoms with E-state index in [1.54, 1.807) is 25.1 Å². The van der Waals surface area contributed by atoms with Gasteiger partial charge >= 0.3 is 5.97 Å². The maximum atomic E-state index is 12.8. The summed E-state index contributed by atoms with van der Waals surface area (Å²) in [5, 5.41) is 0.349. The monoisotopic (exact) mass is 426 g/mol. The summed E-state index contributed by atoms with van der Waals surface area (Å²) in [4.78, 5) is 24.8. The first-order chi connectivity index (χ1) is 14.9. The SMILES string of the molecule is CCOCCOC(=O)C(C)Oc1ccc2c(=O)c(Oc3cc(C)ccc3C)coc2c1. The predicted molar refractivity (Wildman–Crippen MR) is 116 cm³/mol. The number of hydrogen-bond donors (Lipinski definition) is 0. The van der Waals surface area contributed by atoms with Crippen LogP contribution in [0.5, 0.6) is 17.2 Å². The van der Waals surface area contributed by atoms with Gasteiger partial charge in [-0.1, -0.05) is 12.1 Å². The maximum Gasteiger partial charge on any atom is 0.347 e. The normalized spacial score (nSPS) is 11.9. The average molecular weight is 426 g/mol. The minimum Gasteiger partial charge on any atom is -0.479 e. The molecule has 0 fully saturated rings. The van der Waals surface area contributed by atoms with Crippen molar-refractivity contribution < 1.29 is 28.2 Å².